The molecular weight excluding hydrogens is 208 g/mol. The van der Waals surface area contributed by atoms with Crippen molar-refractivity contribution in [3.05, 3.63) is 21.3 Å². The zero-order valence-electron chi connectivity index (χ0n) is 6.87. The van der Waals surface area contributed by atoms with Gasteiger partial charge >= 0.3 is 5.97 Å². The molecule has 1 fully saturated rings. The Morgan fingerprint density at radius 3 is 2.77 bits per heavy atom. The number of carbonyl (C=O) groups is 1. The van der Waals surface area contributed by atoms with Crippen molar-refractivity contribution in [3.63, 3.8) is 0 Å². The van der Waals surface area contributed by atoms with E-state index in [0.29, 0.717) is 0 Å². The van der Waals surface area contributed by atoms with E-state index in [9.17, 15) is 4.79 Å². The Labute approximate surface area is 85.1 Å². The third kappa shape index (κ3) is 1.46. The Bertz CT molecular complexity index is 334. The fraction of sp³-hybridized carbons (Fsp3) is 0.444. The van der Waals surface area contributed by atoms with Crippen molar-refractivity contribution < 1.29 is 9.90 Å². The Balaban J connectivity index is 2.19. The minimum Gasteiger partial charge on any atom is -0.481 e. The van der Waals surface area contributed by atoms with Crippen LogP contribution in [0.5, 0.6) is 0 Å². The summed E-state index contributed by atoms with van der Waals surface area (Å²) in [5.74, 6) is -0.748. The highest BCUT2D eigenvalue weighted by Crippen LogP contribution is 2.46. The van der Waals surface area contributed by atoms with Crippen molar-refractivity contribution >= 4 is 28.9 Å². The Hall–Kier alpha value is -0.540. The number of hydrogen-bond acceptors (Lipinski definition) is 2. The standard InChI is InChI=1S/C9H9ClO2S/c10-7-3-4-13-8(7)5-1-2-6(5)9(11)12/h3-6H,1-2H2,(H,11,12). The van der Waals surface area contributed by atoms with Crippen molar-refractivity contribution in [1.29, 1.82) is 0 Å². The van der Waals surface area contributed by atoms with Crippen LogP contribution in [-0.4, -0.2) is 11.1 Å². The van der Waals surface area contributed by atoms with Gasteiger partial charge < -0.3 is 5.11 Å². The van der Waals surface area contributed by atoms with Crippen LogP contribution in [-0.2, 0) is 4.79 Å². The van der Waals surface area contributed by atoms with Crippen LogP contribution in [0.3, 0.4) is 0 Å². The van der Waals surface area contributed by atoms with Gasteiger partial charge in [-0.2, -0.15) is 0 Å². The zero-order valence-corrected chi connectivity index (χ0v) is 8.44. The molecule has 1 aliphatic rings. The zero-order chi connectivity index (χ0) is 9.42. The minimum absolute atomic E-state index is 0.157. The van der Waals surface area contributed by atoms with Gasteiger partial charge in [0.1, 0.15) is 0 Å². The summed E-state index contributed by atoms with van der Waals surface area (Å²) in [5, 5.41) is 11.5. The lowest BCUT2D eigenvalue weighted by Crippen LogP contribution is -2.30. The first kappa shape index (κ1) is 9.03. The monoisotopic (exact) mass is 216 g/mol. The van der Waals surface area contributed by atoms with E-state index in [1.54, 1.807) is 11.3 Å². The normalized spacial score (nSPS) is 26.8. The fourth-order valence-electron chi connectivity index (χ4n) is 1.68. The lowest BCUT2D eigenvalue weighted by Gasteiger charge is -2.32. The molecule has 1 N–H and O–H groups in total. The number of thiophene rings is 1. The maximum atomic E-state index is 10.8. The molecule has 0 amide bonds. The van der Waals surface area contributed by atoms with Gasteiger partial charge in [0, 0.05) is 10.8 Å². The molecule has 0 saturated heterocycles. The molecule has 4 heteroatoms. The molecule has 13 heavy (non-hydrogen) atoms. The quantitative estimate of drug-likeness (QED) is 0.825. The molecule has 0 spiro atoms. The van der Waals surface area contributed by atoms with E-state index >= 15 is 0 Å². The number of hydrogen-bond donors (Lipinski definition) is 1. The topological polar surface area (TPSA) is 37.3 Å². The Kier molecular flexibility index (Phi) is 2.30. The molecule has 2 unspecified atom stereocenters. The van der Waals surface area contributed by atoms with Crippen LogP contribution >= 0.6 is 22.9 Å². The fourth-order valence-corrected chi connectivity index (χ4v) is 3.08. The highest BCUT2D eigenvalue weighted by molar-refractivity contribution is 7.10. The summed E-state index contributed by atoms with van der Waals surface area (Å²) in [7, 11) is 0. The largest absolute Gasteiger partial charge is 0.481 e. The second kappa shape index (κ2) is 3.31. The van der Waals surface area contributed by atoms with Crippen molar-refractivity contribution in [1.82, 2.24) is 0 Å². The van der Waals surface area contributed by atoms with Gasteiger partial charge in [0.25, 0.3) is 0 Å². The molecule has 0 radical (unpaired) electrons. The van der Waals surface area contributed by atoms with Gasteiger partial charge in [-0.3, -0.25) is 4.79 Å². The summed E-state index contributed by atoms with van der Waals surface area (Å²) >= 11 is 7.49. The van der Waals surface area contributed by atoms with Crippen LogP contribution in [0.4, 0.5) is 0 Å². The first-order valence-electron chi connectivity index (χ1n) is 4.16. The van der Waals surface area contributed by atoms with Crippen LogP contribution < -0.4 is 0 Å². The third-order valence-electron chi connectivity index (χ3n) is 2.57. The van der Waals surface area contributed by atoms with E-state index in [1.165, 1.54) is 0 Å². The molecule has 0 bridgehead atoms. The molecule has 0 aromatic carbocycles. The molecule has 70 valence electrons. The molecule has 1 saturated carbocycles. The number of aliphatic carboxylic acids is 1. The lowest BCUT2D eigenvalue weighted by molar-refractivity contribution is -0.145. The predicted molar refractivity (Wildman–Crippen MR) is 52.4 cm³/mol. The molecule has 1 aliphatic carbocycles. The average molecular weight is 217 g/mol. The molecule has 2 rings (SSSR count). The summed E-state index contributed by atoms with van der Waals surface area (Å²) in [6, 6.07) is 1.83. The first-order valence-corrected chi connectivity index (χ1v) is 5.41. The third-order valence-corrected chi connectivity index (χ3v) is 4.06. The van der Waals surface area contributed by atoms with Crippen LogP contribution in [0.2, 0.25) is 5.02 Å². The minimum atomic E-state index is -0.694. The van der Waals surface area contributed by atoms with Gasteiger partial charge in [-0.1, -0.05) is 11.6 Å². The van der Waals surface area contributed by atoms with Gasteiger partial charge in [0.15, 0.2) is 0 Å². The van der Waals surface area contributed by atoms with E-state index in [4.69, 9.17) is 16.7 Å². The summed E-state index contributed by atoms with van der Waals surface area (Å²) in [6.45, 7) is 0. The SMILES string of the molecule is O=C(O)C1CCC1c1sccc1Cl. The second-order valence-electron chi connectivity index (χ2n) is 3.26. The van der Waals surface area contributed by atoms with E-state index in [0.717, 1.165) is 22.7 Å². The first-order chi connectivity index (χ1) is 6.20. The van der Waals surface area contributed by atoms with E-state index < -0.39 is 5.97 Å². The number of carboxylic acids is 1. The van der Waals surface area contributed by atoms with Crippen molar-refractivity contribution in [3.8, 4) is 0 Å². The van der Waals surface area contributed by atoms with Crippen LogP contribution in [0.1, 0.15) is 23.6 Å². The highest BCUT2D eigenvalue weighted by atomic mass is 35.5. The summed E-state index contributed by atoms with van der Waals surface area (Å²) in [6.07, 6.45) is 1.74. The van der Waals surface area contributed by atoms with E-state index in [-0.39, 0.29) is 11.8 Å². The molecule has 2 atom stereocenters. The van der Waals surface area contributed by atoms with Crippen LogP contribution in [0, 0.1) is 5.92 Å². The van der Waals surface area contributed by atoms with Gasteiger partial charge in [-0.05, 0) is 24.3 Å². The highest BCUT2D eigenvalue weighted by Gasteiger charge is 2.39. The number of halogens is 1. The Morgan fingerprint density at radius 1 is 1.62 bits per heavy atom. The van der Waals surface area contributed by atoms with E-state index in [1.807, 2.05) is 11.4 Å². The van der Waals surface area contributed by atoms with Crippen molar-refractivity contribution in [2.45, 2.75) is 18.8 Å². The molecule has 0 aliphatic heterocycles. The summed E-state index contributed by atoms with van der Waals surface area (Å²) in [5.41, 5.74) is 0. The van der Waals surface area contributed by atoms with E-state index in [2.05, 4.69) is 0 Å². The van der Waals surface area contributed by atoms with Crippen molar-refractivity contribution in [2.24, 2.45) is 5.92 Å². The van der Waals surface area contributed by atoms with Gasteiger partial charge in [-0.25, -0.2) is 0 Å². The molecule has 1 aromatic rings. The molecule has 2 nitrogen and oxygen atoms in total. The molecule has 1 heterocycles. The van der Waals surface area contributed by atoms with Gasteiger partial charge in [-0.15, -0.1) is 11.3 Å². The number of carboxylic acid groups (broad SMARTS) is 1. The van der Waals surface area contributed by atoms with Gasteiger partial charge in [0.05, 0.1) is 10.9 Å². The predicted octanol–water partition coefficient (Wildman–Crippen LogP) is 2.98. The molecular formula is C9H9ClO2S. The smallest absolute Gasteiger partial charge is 0.307 e. The van der Waals surface area contributed by atoms with Gasteiger partial charge in [0.2, 0.25) is 0 Å². The lowest BCUT2D eigenvalue weighted by atomic mass is 9.73. The van der Waals surface area contributed by atoms with Crippen molar-refractivity contribution in [2.75, 3.05) is 0 Å². The maximum Gasteiger partial charge on any atom is 0.307 e. The molecule has 1 aromatic heterocycles. The maximum absolute atomic E-state index is 10.8. The average Bonchev–Trinajstić information content (AvgIpc) is 2.33. The number of rotatable bonds is 2. The Morgan fingerprint density at radius 2 is 2.38 bits per heavy atom. The summed E-state index contributed by atoms with van der Waals surface area (Å²) < 4.78 is 0. The second-order valence-corrected chi connectivity index (χ2v) is 4.62. The summed E-state index contributed by atoms with van der Waals surface area (Å²) in [4.78, 5) is 11.8. The van der Waals surface area contributed by atoms with Crippen LogP contribution in [0.25, 0.3) is 0 Å². The van der Waals surface area contributed by atoms with Crippen LogP contribution in [0.15, 0.2) is 11.4 Å².